The average Bonchev–Trinajstić information content (AvgIpc) is 2.40. The predicted octanol–water partition coefficient (Wildman–Crippen LogP) is 1.56. The van der Waals surface area contributed by atoms with Gasteiger partial charge in [-0.1, -0.05) is 19.8 Å². The lowest BCUT2D eigenvalue weighted by Crippen LogP contribution is -2.41. The number of aliphatic hydroxyl groups is 2. The average molecular weight is 184 g/mol. The van der Waals surface area contributed by atoms with Crippen molar-refractivity contribution < 1.29 is 10.2 Å². The molecule has 2 fully saturated rings. The molecule has 2 nitrogen and oxygen atoms in total. The van der Waals surface area contributed by atoms with Gasteiger partial charge in [-0.25, -0.2) is 0 Å². The van der Waals surface area contributed by atoms with Gasteiger partial charge in [0.1, 0.15) is 0 Å². The molecular formula is C11H20O2. The van der Waals surface area contributed by atoms with E-state index in [1.165, 1.54) is 6.42 Å². The lowest BCUT2D eigenvalue weighted by atomic mass is 9.74. The van der Waals surface area contributed by atoms with Crippen LogP contribution in [0.4, 0.5) is 0 Å². The van der Waals surface area contributed by atoms with Crippen molar-refractivity contribution >= 4 is 0 Å². The fraction of sp³-hybridized carbons (Fsp3) is 1.00. The molecule has 2 N–H and O–H groups in total. The molecule has 0 aliphatic heterocycles. The van der Waals surface area contributed by atoms with Crippen LogP contribution in [0.1, 0.15) is 39.0 Å². The molecule has 76 valence electrons. The maximum Gasteiger partial charge on any atom is 0.0704 e. The van der Waals surface area contributed by atoms with Crippen LogP contribution in [0.3, 0.4) is 0 Å². The Bertz CT molecular complexity index is 189. The first kappa shape index (κ1) is 9.47. The fourth-order valence-corrected chi connectivity index (χ4v) is 3.38. The Morgan fingerprint density at radius 2 is 2.15 bits per heavy atom. The Morgan fingerprint density at radius 1 is 1.38 bits per heavy atom. The third kappa shape index (κ3) is 1.31. The zero-order valence-corrected chi connectivity index (χ0v) is 8.37. The molecule has 0 aromatic heterocycles. The van der Waals surface area contributed by atoms with Crippen molar-refractivity contribution in [3.05, 3.63) is 0 Å². The molecule has 2 rings (SSSR count). The Balaban J connectivity index is 2.16. The zero-order chi connectivity index (χ0) is 9.47. The quantitative estimate of drug-likeness (QED) is 0.649. The van der Waals surface area contributed by atoms with E-state index < -0.39 is 5.60 Å². The molecule has 2 aliphatic carbocycles. The summed E-state index contributed by atoms with van der Waals surface area (Å²) in [7, 11) is 0. The molecule has 0 radical (unpaired) electrons. The standard InChI is InChI=1S/C11H20O2/c1-8-9(7-12)6-10-4-2-3-5-11(8,10)13/h8-10,12-13H,2-7H2,1H3. The van der Waals surface area contributed by atoms with Crippen LogP contribution >= 0.6 is 0 Å². The molecule has 0 heterocycles. The summed E-state index contributed by atoms with van der Waals surface area (Å²) in [6.07, 6.45) is 5.58. The summed E-state index contributed by atoms with van der Waals surface area (Å²) in [5.41, 5.74) is -0.439. The lowest BCUT2D eigenvalue weighted by Gasteiger charge is -2.38. The van der Waals surface area contributed by atoms with Crippen LogP contribution in [0.2, 0.25) is 0 Å². The van der Waals surface area contributed by atoms with Crippen molar-refractivity contribution in [1.82, 2.24) is 0 Å². The molecule has 4 unspecified atom stereocenters. The van der Waals surface area contributed by atoms with Gasteiger partial charge < -0.3 is 10.2 Å². The number of fused-ring (bicyclic) bond motifs is 1. The van der Waals surface area contributed by atoms with Crippen molar-refractivity contribution in [3.8, 4) is 0 Å². The first-order chi connectivity index (χ1) is 6.18. The highest BCUT2D eigenvalue weighted by molar-refractivity contribution is 5.02. The van der Waals surface area contributed by atoms with E-state index in [1.54, 1.807) is 0 Å². The maximum atomic E-state index is 10.5. The van der Waals surface area contributed by atoms with E-state index in [0.29, 0.717) is 17.8 Å². The second-order valence-corrected chi connectivity index (χ2v) is 4.90. The summed E-state index contributed by atoms with van der Waals surface area (Å²) < 4.78 is 0. The number of aliphatic hydroxyl groups excluding tert-OH is 1. The number of rotatable bonds is 1. The fourth-order valence-electron chi connectivity index (χ4n) is 3.38. The van der Waals surface area contributed by atoms with Crippen molar-refractivity contribution in [1.29, 1.82) is 0 Å². The van der Waals surface area contributed by atoms with Crippen LogP contribution in [0, 0.1) is 17.8 Å². The van der Waals surface area contributed by atoms with E-state index >= 15 is 0 Å². The smallest absolute Gasteiger partial charge is 0.0704 e. The number of hydrogen-bond acceptors (Lipinski definition) is 2. The highest BCUT2D eigenvalue weighted by Crippen LogP contribution is 2.51. The molecule has 0 bridgehead atoms. The monoisotopic (exact) mass is 184 g/mol. The highest BCUT2D eigenvalue weighted by Gasteiger charge is 2.51. The van der Waals surface area contributed by atoms with E-state index in [-0.39, 0.29) is 6.61 Å². The Labute approximate surface area is 80.0 Å². The molecule has 2 saturated carbocycles. The summed E-state index contributed by atoms with van der Waals surface area (Å²) in [6, 6.07) is 0. The minimum absolute atomic E-state index is 0.250. The van der Waals surface area contributed by atoms with Crippen LogP contribution in [0.15, 0.2) is 0 Å². The first-order valence-electron chi connectivity index (χ1n) is 5.51. The Kier molecular flexibility index (Phi) is 2.37. The largest absolute Gasteiger partial charge is 0.396 e. The van der Waals surface area contributed by atoms with Gasteiger partial charge in [0.15, 0.2) is 0 Å². The molecule has 2 heteroatoms. The van der Waals surface area contributed by atoms with Crippen LogP contribution in [0.25, 0.3) is 0 Å². The second-order valence-electron chi connectivity index (χ2n) is 4.90. The van der Waals surface area contributed by atoms with E-state index in [1.807, 2.05) is 0 Å². The predicted molar refractivity (Wildman–Crippen MR) is 51.3 cm³/mol. The normalized spacial score (nSPS) is 50.5. The van der Waals surface area contributed by atoms with Crippen molar-refractivity contribution in [2.45, 2.75) is 44.6 Å². The van der Waals surface area contributed by atoms with Gasteiger partial charge in [0.05, 0.1) is 5.60 Å². The summed E-state index contributed by atoms with van der Waals surface area (Å²) in [5, 5.41) is 19.7. The van der Waals surface area contributed by atoms with Gasteiger partial charge in [0.2, 0.25) is 0 Å². The van der Waals surface area contributed by atoms with Gasteiger partial charge in [-0.2, -0.15) is 0 Å². The molecule has 0 amide bonds. The molecule has 2 aliphatic rings. The Morgan fingerprint density at radius 3 is 2.77 bits per heavy atom. The van der Waals surface area contributed by atoms with Crippen LogP contribution in [-0.2, 0) is 0 Å². The van der Waals surface area contributed by atoms with Gasteiger partial charge in [-0.05, 0) is 37.0 Å². The third-order valence-electron chi connectivity index (χ3n) is 4.40. The van der Waals surface area contributed by atoms with Crippen molar-refractivity contribution in [2.24, 2.45) is 17.8 Å². The Hall–Kier alpha value is -0.0800. The van der Waals surface area contributed by atoms with Crippen molar-refractivity contribution in [3.63, 3.8) is 0 Å². The minimum Gasteiger partial charge on any atom is -0.396 e. The van der Waals surface area contributed by atoms with E-state index in [9.17, 15) is 10.2 Å². The number of hydrogen-bond donors (Lipinski definition) is 2. The van der Waals surface area contributed by atoms with E-state index in [4.69, 9.17) is 0 Å². The first-order valence-corrected chi connectivity index (χ1v) is 5.51. The van der Waals surface area contributed by atoms with Crippen LogP contribution < -0.4 is 0 Å². The molecule has 0 aromatic rings. The van der Waals surface area contributed by atoms with Gasteiger partial charge in [0, 0.05) is 6.61 Å². The van der Waals surface area contributed by atoms with Crippen LogP contribution in [-0.4, -0.2) is 22.4 Å². The molecular weight excluding hydrogens is 164 g/mol. The minimum atomic E-state index is -0.439. The lowest BCUT2D eigenvalue weighted by molar-refractivity contribution is -0.0633. The highest BCUT2D eigenvalue weighted by atomic mass is 16.3. The molecule has 0 saturated heterocycles. The van der Waals surface area contributed by atoms with E-state index in [2.05, 4.69) is 6.92 Å². The maximum absolute atomic E-state index is 10.5. The second kappa shape index (κ2) is 3.25. The van der Waals surface area contributed by atoms with Gasteiger partial charge in [-0.15, -0.1) is 0 Å². The van der Waals surface area contributed by atoms with Crippen LogP contribution in [0.5, 0.6) is 0 Å². The molecule has 4 atom stereocenters. The van der Waals surface area contributed by atoms with Gasteiger partial charge >= 0.3 is 0 Å². The molecule has 0 spiro atoms. The summed E-state index contributed by atoms with van der Waals surface area (Å²) >= 11 is 0. The zero-order valence-electron chi connectivity index (χ0n) is 8.37. The SMILES string of the molecule is CC1C(CO)CC2CCCCC21O. The summed E-state index contributed by atoms with van der Waals surface area (Å²) in [5.74, 6) is 1.10. The summed E-state index contributed by atoms with van der Waals surface area (Å²) in [4.78, 5) is 0. The van der Waals surface area contributed by atoms with Gasteiger partial charge in [0.25, 0.3) is 0 Å². The molecule has 0 aromatic carbocycles. The molecule has 13 heavy (non-hydrogen) atoms. The van der Waals surface area contributed by atoms with E-state index in [0.717, 1.165) is 25.7 Å². The topological polar surface area (TPSA) is 40.5 Å². The van der Waals surface area contributed by atoms with Gasteiger partial charge in [-0.3, -0.25) is 0 Å². The summed E-state index contributed by atoms with van der Waals surface area (Å²) in [6.45, 7) is 2.35. The van der Waals surface area contributed by atoms with Crippen molar-refractivity contribution in [2.75, 3.05) is 6.61 Å². The third-order valence-corrected chi connectivity index (χ3v) is 4.40.